The van der Waals surface area contributed by atoms with Crippen molar-refractivity contribution in [2.75, 3.05) is 18.4 Å². The van der Waals surface area contributed by atoms with Crippen LogP contribution in [0.5, 0.6) is 0 Å². The predicted octanol–water partition coefficient (Wildman–Crippen LogP) is 1.77. The van der Waals surface area contributed by atoms with Gasteiger partial charge in [-0.15, -0.1) is 0 Å². The van der Waals surface area contributed by atoms with Gasteiger partial charge in [-0.25, -0.2) is 4.98 Å². The largest absolute Gasteiger partial charge is 0.365 e. The standard InChI is InChI=1S/C17H24N4O2/c18-16(23)14-7-4-8-19-17(14)20-13-9-15(22)21(11-13)10-12-5-2-1-3-6-12/h4,7-8,12-13H,1-3,5-6,9-11H2,(H2,18,23)(H,19,20)/t13-/m0/s1. The summed E-state index contributed by atoms with van der Waals surface area (Å²) in [5, 5.41) is 3.21. The first-order chi connectivity index (χ1) is 11.1. The fourth-order valence-corrected chi connectivity index (χ4v) is 3.64. The first-order valence-corrected chi connectivity index (χ1v) is 8.42. The summed E-state index contributed by atoms with van der Waals surface area (Å²) in [6, 6.07) is 3.31. The Bertz CT molecular complexity index is 584. The van der Waals surface area contributed by atoms with E-state index in [-0.39, 0.29) is 11.9 Å². The summed E-state index contributed by atoms with van der Waals surface area (Å²) in [4.78, 5) is 29.8. The SMILES string of the molecule is NC(=O)c1cccnc1N[C@H]1CC(=O)N(CC2CCCCC2)C1. The summed E-state index contributed by atoms with van der Waals surface area (Å²) in [5.41, 5.74) is 5.74. The quantitative estimate of drug-likeness (QED) is 0.866. The number of hydrogen-bond donors (Lipinski definition) is 2. The summed E-state index contributed by atoms with van der Waals surface area (Å²) in [6.45, 7) is 1.53. The van der Waals surface area contributed by atoms with Gasteiger partial charge in [0.05, 0.1) is 11.6 Å². The summed E-state index contributed by atoms with van der Waals surface area (Å²) in [7, 11) is 0. The third-order valence-corrected chi connectivity index (χ3v) is 4.83. The molecule has 23 heavy (non-hydrogen) atoms. The lowest BCUT2D eigenvalue weighted by Gasteiger charge is -2.27. The monoisotopic (exact) mass is 316 g/mol. The molecule has 0 unspecified atom stereocenters. The molecule has 2 heterocycles. The maximum absolute atomic E-state index is 12.2. The summed E-state index contributed by atoms with van der Waals surface area (Å²) < 4.78 is 0. The molecule has 1 aliphatic carbocycles. The fraction of sp³-hybridized carbons (Fsp3) is 0.588. The topological polar surface area (TPSA) is 88.3 Å². The molecule has 1 saturated carbocycles. The zero-order valence-electron chi connectivity index (χ0n) is 13.3. The van der Waals surface area contributed by atoms with Crippen LogP contribution in [-0.4, -0.2) is 40.8 Å². The Labute approximate surface area is 136 Å². The van der Waals surface area contributed by atoms with Crippen molar-refractivity contribution in [2.24, 2.45) is 11.7 Å². The Morgan fingerprint density at radius 1 is 1.35 bits per heavy atom. The molecule has 1 saturated heterocycles. The van der Waals surface area contributed by atoms with Crippen LogP contribution in [0.25, 0.3) is 0 Å². The average Bonchev–Trinajstić information content (AvgIpc) is 2.88. The Morgan fingerprint density at radius 3 is 2.87 bits per heavy atom. The van der Waals surface area contributed by atoms with E-state index < -0.39 is 5.91 Å². The number of nitrogens with zero attached hydrogens (tertiary/aromatic N) is 2. The molecular weight excluding hydrogens is 292 g/mol. The van der Waals surface area contributed by atoms with Crippen molar-refractivity contribution in [2.45, 2.75) is 44.6 Å². The van der Waals surface area contributed by atoms with Gasteiger partial charge in [0.1, 0.15) is 5.82 Å². The lowest BCUT2D eigenvalue weighted by molar-refractivity contribution is -0.128. The minimum Gasteiger partial charge on any atom is -0.365 e. The van der Waals surface area contributed by atoms with Crippen LogP contribution in [0.3, 0.4) is 0 Å². The second-order valence-electron chi connectivity index (χ2n) is 6.61. The van der Waals surface area contributed by atoms with Gasteiger partial charge >= 0.3 is 0 Å². The number of likely N-dealkylation sites (tertiary alicyclic amines) is 1. The van der Waals surface area contributed by atoms with Gasteiger partial charge in [-0.1, -0.05) is 19.3 Å². The zero-order chi connectivity index (χ0) is 16.2. The van der Waals surface area contributed by atoms with E-state index in [1.807, 2.05) is 4.90 Å². The van der Waals surface area contributed by atoms with Crippen LogP contribution in [0.1, 0.15) is 48.9 Å². The summed E-state index contributed by atoms with van der Waals surface area (Å²) in [5.74, 6) is 0.786. The molecule has 1 aliphatic heterocycles. The third kappa shape index (κ3) is 3.81. The minimum atomic E-state index is -0.510. The molecule has 2 fully saturated rings. The van der Waals surface area contributed by atoms with Gasteiger partial charge in [-0.2, -0.15) is 0 Å². The first-order valence-electron chi connectivity index (χ1n) is 8.42. The van der Waals surface area contributed by atoms with E-state index in [0.29, 0.717) is 30.3 Å². The molecule has 3 N–H and O–H groups in total. The highest BCUT2D eigenvalue weighted by atomic mass is 16.2. The number of aromatic nitrogens is 1. The maximum atomic E-state index is 12.2. The average molecular weight is 316 g/mol. The highest BCUT2D eigenvalue weighted by Gasteiger charge is 2.32. The van der Waals surface area contributed by atoms with Crippen molar-refractivity contribution in [3.8, 4) is 0 Å². The number of amides is 2. The van der Waals surface area contributed by atoms with Crippen LogP contribution in [0.15, 0.2) is 18.3 Å². The lowest BCUT2D eigenvalue weighted by atomic mass is 9.89. The van der Waals surface area contributed by atoms with Gasteiger partial charge < -0.3 is 16.0 Å². The second kappa shape index (κ2) is 6.98. The number of primary amides is 1. The molecule has 6 heteroatoms. The Hall–Kier alpha value is -2.11. The van der Waals surface area contributed by atoms with E-state index in [2.05, 4.69) is 10.3 Å². The highest BCUT2D eigenvalue weighted by molar-refractivity contribution is 5.97. The zero-order valence-corrected chi connectivity index (χ0v) is 13.3. The van der Waals surface area contributed by atoms with Crippen molar-refractivity contribution < 1.29 is 9.59 Å². The van der Waals surface area contributed by atoms with Gasteiger partial charge in [0.25, 0.3) is 5.91 Å². The van der Waals surface area contributed by atoms with Crippen molar-refractivity contribution in [3.63, 3.8) is 0 Å². The highest BCUT2D eigenvalue weighted by Crippen LogP contribution is 2.26. The van der Waals surface area contributed by atoms with E-state index in [1.165, 1.54) is 32.1 Å². The number of pyridine rings is 1. The van der Waals surface area contributed by atoms with E-state index in [4.69, 9.17) is 5.73 Å². The summed E-state index contributed by atoms with van der Waals surface area (Å²) in [6.07, 6.45) is 8.41. The van der Waals surface area contributed by atoms with Crippen molar-refractivity contribution in [1.29, 1.82) is 0 Å². The Kier molecular flexibility index (Phi) is 4.79. The lowest BCUT2D eigenvalue weighted by Crippen LogP contribution is -2.33. The predicted molar refractivity (Wildman–Crippen MR) is 87.9 cm³/mol. The van der Waals surface area contributed by atoms with Crippen LogP contribution < -0.4 is 11.1 Å². The van der Waals surface area contributed by atoms with Crippen LogP contribution in [0.4, 0.5) is 5.82 Å². The number of nitrogens with one attached hydrogen (secondary N) is 1. The van der Waals surface area contributed by atoms with E-state index in [9.17, 15) is 9.59 Å². The number of carbonyl (C=O) groups is 2. The normalized spacial score (nSPS) is 22.3. The molecule has 3 rings (SSSR count). The van der Waals surface area contributed by atoms with E-state index >= 15 is 0 Å². The Morgan fingerprint density at radius 2 is 2.13 bits per heavy atom. The van der Waals surface area contributed by atoms with Gasteiger partial charge in [-0.3, -0.25) is 9.59 Å². The molecule has 0 radical (unpaired) electrons. The number of hydrogen-bond acceptors (Lipinski definition) is 4. The molecule has 1 aromatic rings. The van der Waals surface area contributed by atoms with Crippen LogP contribution >= 0.6 is 0 Å². The molecule has 2 aliphatic rings. The second-order valence-corrected chi connectivity index (χ2v) is 6.61. The fourth-order valence-electron chi connectivity index (χ4n) is 3.64. The molecule has 0 aromatic carbocycles. The number of rotatable bonds is 5. The maximum Gasteiger partial charge on any atom is 0.252 e. The van der Waals surface area contributed by atoms with Gasteiger partial charge in [0, 0.05) is 25.7 Å². The first kappa shape index (κ1) is 15.8. The van der Waals surface area contributed by atoms with Gasteiger partial charge in [0.15, 0.2) is 0 Å². The molecule has 124 valence electrons. The number of carbonyl (C=O) groups excluding carboxylic acids is 2. The van der Waals surface area contributed by atoms with Crippen molar-refractivity contribution in [1.82, 2.24) is 9.88 Å². The smallest absolute Gasteiger partial charge is 0.252 e. The van der Waals surface area contributed by atoms with Crippen LogP contribution in [-0.2, 0) is 4.79 Å². The molecular formula is C17H24N4O2. The molecule has 6 nitrogen and oxygen atoms in total. The minimum absolute atomic E-state index is 0.0147. The van der Waals surface area contributed by atoms with E-state index in [1.54, 1.807) is 18.3 Å². The third-order valence-electron chi connectivity index (χ3n) is 4.83. The van der Waals surface area contributed by atoms with Crippen LogP contribution in [0, 0.1) is 5.92 Å². The molecule has 1 atom stereocenters. The molecule has 1 aromatic heterocycles. The van der Waals surface area contributed by atoms with Crippen LogP contribution in [0.2, 0.25) is 0 Å². The van der Waals surface area contributed by atoms with Crippen molar-refractivity contribution in [3.05, 3.63) is 23.9 Å². The molecule has 0 spiro atoms. The van der Waals surface area contributed by atoms with E-state index in [0.717, 1.165) is 6.54 Å². The van der Waals surface area contributed by atoms with Crippen molar-refractivity contribution >= 4 is 17.6 Å². The summed E-state index contributed by atoms with van der Waals surface area (Å²) >= 11 is 0. The number of nitrogens with two attached hydrogens (primary N) is 1. The molecule has 2 amide bonds. The van der Waals surface area contributed by atoms with Gasteiger partial charge in [-0.05, 0) is 30.9 Å². The van der Waals surface area contributed by atoms with Gasteiger partial charge in [0.2, 0.25) is 5.91 Å². The number of anilines is 1. The molecule has 0 bridgehead atoms. The Balaban J connectivity index is 1.60.